The van der Waals surface area contributed by atoms with Crippen molar-refractivity contribution in [1.29, 1.82) is 0 Å². The van der Waals surface area contributed by atoms with Crippen LogP contribution in [0.4, 0.5) is 10.1 Å². The predicted octanol–water partition coefficient (Wildman–Crippen LogP) is 2.18. The number of benzene rings is 1. The summed E-state index contributed by atoms with van der Waals surface area (Å²) in [6.45, 7) is 4.74. The molecule has 0 aliphatic carbocycles. The summed E-state index contributed by atoms with van der Waals surface area (Å²) in [5, 5.41) is 3.10. The Labute approximate surface area is 107 Å². The highest BCUT2D eigenvalue weighted by molar-refractivity contribution is 5.97. The normalized spacial score (nSPS) is 22.6. The third-order valence-electron chi connectivity index (χ3n) is 3.79. The van der Waals surface area contributed by atoms with Gasteiger partial charge in [0.2, 0.25) is 5.91 Å². The van der Waals surface area contributed by atoms with Gasteiger partial charge >= 0.3 is 0 Å². The summed E-state index contributed by atoms with van der Waals surface area (Å²) in [6.07, 6.45) is 0.460. The van der Waals surface area contributed by atoms with Crippen molar-refractivity contribution < 1.29 is 9.18 Å². The lowest BCUT2D eigenvalue weighted by atomic mass is 9.88. The highest BCUT2D eigenvalue weighted by Gasteiger charge is 2.47. The van der Waals surface area contributed by atoms with Gasteiger partial charge in [0.15, 0.2) is 0 Å². The summed E-state index contributed by atoms with van der Waals surface area (Å²) in [5.41, 5.74) is 0.00792. The van der Waals surface area contributed by atoms with Crippen LogP contribution in [0.25, 0.3) is 0 Å². The molecule has 4 heteroatoms. The summed E-state index contributed by atoms with van der Waals surface area (Å²) in [7, 11) is 1.87. The Morgan fingerprint density at radius 3 is 2.72 bits per heavy atom. The third kappa shape index (κ3) is 2.01. The fourth-order valence-corrected chi connectivity index (χ4v) is 2.70. The average molecular weight is 250 g/mol. The van der Waals surface area contributed by atoms with Crippen LogP contribution in [0.5, 0.6) is 0 Å². The largest absolute Gasteiger partial charge is 0.319 e. The number of carbonyl (C=O) groups is 1. The predicted molar refractivity (Wildman–Crippen MR) is 70.0 cm³/mol. The molecule has 0 aromatic heterocycles. The minimum absolute atomic E-state index is 0.00894. The van der Waals surface area contributed by atoms with E-state index in [0.29, 0.717) is 12.1 Å². The zero-order valence-corrected chi connectivity index (χ0v) is 11.0. The lowest BCUT2D eigenvalue weighted by molar-refractivity contribution is -0.117. The second-order valence-corrected chi connectivity index (χ2v) is 5.29. The monoisotopic (exact) mass is 250 g/mol. The summed E-state index contributed by atoms with van der Waals surface area (Å²) >= 11 is 0. The number of para-hydroxylation sites is 1. The Morgan fingerprint density at radius 2 is 2.11 bits per heavy atom. The van der Waals surface area contributed by atoms with E-state index in [1.165, 1.54) is 6.07 Å². The maximum atomic E-state index is 13.9. The maximum Gasteiger partial charge on any atom is 0.228 e. The minimum Gasteiger partial charge on any atom is -0.319 e. The summed E-state index contributed by atoms with van der Waals surface area (Å²) in [5.74, 6) is -0.163. The molecule has 0 spiro atoms. The van der Waals surface area contributed by atoms with E-state index in [9.17, 15) is 9.18 Å². The molecule has 1 fully saturated rings. The lowest BCUT2D eigenvalue weighted by Crippen LogP contribution is -2.46. The van der Waals surface area contributed by atoms with Crippen molar-refractivity contribution in [3.63, 3.8) is 0 Å². The smallest absolute Gasteiger partial charge is 0.228 e. The number of hydrogen-bond donors (Lipinski definition) is 1. The van der Waals surface area contributed by atoms with Gasteiger partial charge in [-0.3, -0.25) is 4.79 Å². The molecular weight excluding hydrogens is 231 g/mol. The first-order valence-corrected chi connectivity index (χ1v) is 6.20. The fraction of sp³-hybridized carbons (Fsp3) is 0.500. The first kappa shape index (κ1) is 13.0. The minimum atomic E-state index is -0.373. The van der Waals surface area contributed by atoms with E-state index in [1.54, 1.807) is 23.1 Å². The third-order valence-corrected chi connectivity index (χ3v) is 3.79. The molecule has 1 atom stereocenters. The Kier molecular flexibility index (Phi) is 3.39. The number of carbonyl (C=O) groups excluding carboxylic acids is 1. The topological polar surface area (TPSA) is 32.3 Å². The van der Waals surface area contributed by atoms with Gasteiger partial charge in [-0.15, -0.1) is 0 Å². The molecule has 2 rings (SSSR count). The molecule has 98 valence electrons. The fourth-order valence-electron chi connectivity index (χ4n) is 2.70. The van der Waals surface area contributed by atoms with Gasteiger partial charge < -0.3 is 10.2 Å². The van der Waals surface area contributed by atoms with Crippen LogP contribution in [0.1, 0.15) is 20.3 Å². The highest BCUT2D eigenvalue weighted by atomic mass is 19.1. The van der Waals surface area contributed by atoms with Crippen LogP contribution in [0.3, 0.4) is 0 Å². The standard InChI is InChI=1S/C14H19FN2O/c1-14(2)10(9-16-3)8-13(18)17(14)12-7-5-4-6-11(12)15/h4-7,10,16H,8-9H2,1-3H3. The molecule has 18 heavy (non-hydrogen) atoms. The van der Waals surface area contributed by atoms with Crippen molar-refractivity contribution in [2.75, 3.05) is 18.5 Å². The number of amides is 1. The molecule has 1 aliphatic heterocycles. The Morgan fingerprint density at radius 1 is 1.44 bits per heavy atom. The molecular formula is C14H19FN2O. The van der Waals surface area contributed by atoms with E-state index < -0.39 is 0 Å². The molecule has 1 aromatic rings. The van der Waals surface area contributed by atoms with E-state index in [-0.39, 0.29) is 23.2 Å². The molecule has 0 radical (unpaired) electrons. The van der Waals surface area contributed by atoms with E-state index in [1.807, 2.05) is 20.9 Å². The van der Waals surface area contributed by atoms with Gasteiger partial charge in [-0.05, 0) is 33.0 Å². The number of rotatable bonds is 3. The van der Waals surface area contributed by atoms with Gasteiger partial charge in [0.05, 0.1) is 5.69 Å². The van der Waals surface area contributed by atoms with E-state index in [4.69, 9.17) is 0 Å². The van der Waals surface area contributed by atoms with Crippen LogP contribution >= 0.6 is 0 Å². The molecule has 1 amide bonds. The second kappa shape index (κ2) is 4.69. The first-order valence-electron chi connectivity index (χ1n) is 6.20. The van der Waals surface area contributed by atoms with Crippen molar-refractivity contribution in [2.45, 2.75) is 25.8 Å². The van der Waals surface area contributed by atoms with E-state index in [2.05, 4.69) is 5.32 Å². The number of nitrogens with one attached hydrogen (secondary N) is 1. The van der Waals surface area contributed by atoms with Crippen LogP contribution < -0.4 is 10.2 Å². The molecule has 1 N–H and O–H groups in total. The number of nitrogens with zero attached hydrogens (tertiary/aromatic N) is 1. The zero-order chi connectivity index (χ0) is 13.3. The van der Waals surface area contributed by atoms with Gasteiger partial charge in [0.25, 0.3) is 0 Å². The van der Waals surface area contributed by atoms with Gasteiger partial charge in [0, 0.05) is 24.4 Å². The van der Waals surface area contributed by atoms with Crippen molar-refractivity contribution in [3.05, 3.63) is 30.1 Å². The zero-order valence-electron chi connectivity index (χ0n) is 11.0. The Hall–Kier alpha value is -1.42. The van der Waals surface area contributed by atoms with E-state index in [0.717, 1.165) is 6.54 Å². The van der Waals surface area contributed by atoms with Crippen LogP contribution in [-0.4, -0.2) is 25.0 Å². The lowest BCUT2D eigenvalue weighted by Gasteiger charge is -2.36. The number of hydrogen-bond acceptors (Lipinski definition) is 2. The summed E-state index contributed by atoms with van der Waals surface area (Å²) < 4.78 is 13.9. The average Bonchev–Trinajstić information content (AvgIpc) is 2.52. The van der Waals surface area contributed by atoms with Crippen LogP contribution in [0.2, 0.25) is 0 Å². The van der Waals surface area contributed by atoms with E-state index >= 15 is 0 Å². The maximum absolute atomic E-state index is 13.9. The van der Waals surface area contributed by atoms with Crippen LogP contribution in [0.15, 0.2) is 24.3 Å². The summed E-state index contributed by atoms with van der Waals surface area (Å²) in [6, 6.07) is 6.45. The second-order valence-electron chi connectivity index (χ2n) is 5.29. The summed E-state index contributed by atoms with van der Waals surface area (Å²) in [4.78, 5) is 13.8. The van der Waals surface area contributed by atoms with Crippen molar-refractivity contribution in [3.8, 4) is 0 Å². The Bertz CT molecular complexity index is 459. The van der Waals surface area contributed by atoms with Crippen LogP contribution in [-0.2, 0) is 4.79 Å². The molecule has 1 heterocycles. The van der Waals surface area contributed by atoms with Gasteiger partial charge in [-0.25, -0.2) is 4.39 Å². The number of anilines is 1. The molecule has 1 aliphatic rings. The number of halogens is 1. The quantitative estimate of drug-likeness (QED) is 0.891. The molecule has 1 saturated heterocycles. The first-order chi connectivity index (χ1) is 8.48. The van der Waals surface area contributed by atoms with Gasteiger partial charge in [0.1, 0.15) is 5.82 Å². The molecule has 3 nitrogen and oxygen atoms in total. The van der Waals surface area contributed by atoms with Gasteiger partial charge in [-0.2, -0.15) is 0 Å². The Balaban J connectivity index is 2.39. The molecule has 0 saturated carbocycles. The highest BCUT2D eigenvalue weighted by Crippen LogP contribution is 2.39. The van der Waals surface area contributed by atoms with Crippen LogP contribution in [0, 0.1) is 11.7 Å². The van der Waals surface area contributed by atoms with Crippen molar-refractivity contribution in [1.82, 2.24) is 5.32 Å². The van der Waals surface area contributed by atoms with Crippen molar-refractivity contribution in [2.24, 2.45) is 5.92 Å². The van der Waals surface area contributed by atoms with Gasteiger partial charge in [-0.1, -0.05) is 12.1 Å². The molecule has 1 aromatic carbocycles. The molecule has 0 bridgehead atoms. The SMILES string of the molecule is CNCC1CC(=O)N(c2ccccc2F)C1(C)C. The van der Waals surface area contributed by atoms with Crippen molar-refractivity contribution >= 4 is 11.6 Å². The molecule has 1 unspecified atom stereocenters.